The molecule has 8 rings (SSSR count). The highest BCUT2D eigenvalue weighted by atomic mass is 35.5. The molecule has 4 aromatic heterocycles. The van der Waals surface area contributed by atoms with Gasteiger partial charge in [-0.3, -0.25) is 9.97 Å². The number of methoxy groups -OCH3 is 4. The lowest BCUT2D eigenvalue weighted by molar-refractivity contribution is 0.350. The Kier molecular flexibility index (Phi) is 11.0. The van der Waals surface area contributed by atoms with E-state index in [0.29, 0.717) is 45.1 Å². The Bertz CT molecular complexity index is 2030. The molecule has 0 atom stereocenters. The Balaban J connectivity index is 0.000000140. The van der Waals surface area contributed by atoms with Crippen molar-refractivity contribution >= 4 is 57.6 Å². The van der Waals surface area contributed by atoms with E-state index in [1.807, 2.05) is 12.1 Å². The van der Waals surface area contributed by atoms with Crippen LogP contribution in [0.25, 0.3) is 22.1 Å². The van der Waals surface area contributed by atoms with E-state index in [-0.39, 0.29) is 0 Å². The molecule has 3 N–H and O–H groups in total. The van der Waals surface area contributed by atoms with E-state index >= 15 is 0 Å². The van der Waals surface area contributed by atoms with Gasteiger partial charge in [0.05, 0.1) is 75.3 Å². The molecule has 2 aromatic carbocycles. The van der Waals surface area contributed by atoms with Gasteiger partial charge in [0.15, 0.2) is 32.9 Å². The number of fused-ring (bicyclic) bond motifs is 4. The van der Waals surface area contributed by atoms with E-state index in [1.54, 1.807) is 64.7 Å². The molecule has 0 unspecified atom stereocenters. The van der Waals surface area contributed by atoms with Gasteiger partial charge < -0.3 is 43.4 Å². The fourth-order valence-corrected chi connectivity index (χ4v) is 6.71. The molecular weight excluding hydrogens is 688 g/mol. The molecule has 0 saturated heterocycles. The maximum atomic E-state index is 5.64. The number of aromatic amines is 3. The molecule has 0 radical (unpaired) electrons. The summed E-state index contributed by atoms with van der Waals surface area (Å²) in [4.78, 5) is 22.6. The number of nitrogens with one attached hydrogen (secondary N) is 3. The highest BCUT2D eigenvalue weighted by molar-refractivity contribution is 7.98. The van der Waals surface area contributed by atoms with Crippen LogP contribution in [0.5, 0.6) is 34.5 Å². The lowest BCUT2D eigenvalue weighted by Crippen LogP contribution is -1.97. The number of hydrogen-bond donors (Lipinski definition) is 3. The second-order valence-corrected chi connectivity index (χ2v) is 12.3. The summed E-state index contributed by atoms with van der Waals surface area (Å²) in [5.41, 5.74) is 8.05. The van der Waals surface area contributed by atoms with Crippen LogP contribution in [-0.4, -0.2) is 71.6 Å². The van der Waals surface area contributed by atoms with Crippen molar-refractivity contribution in [3.63, 3.8) is 0 Å². The first-order chi connectivity index (χ1) is 23.9. The third-order valence-electron chi connectivity index (χ3n) is 7.80. The summed E-state index contributed by atoms with van der Waals surface area (Å²) in [7, 11) is 6.39. The lowest BCUT2D eigenvalue weighted by Gasteiger charge is -2.10. The molecule has 0 fully saturated rings. The van der Waals surface area contributed by atoms with Crippen molar-refractivity contribution < 1.29 is 28.4 Å². The normalized spacial score (nSPS) is 12.5. The molecule has 12 nitrogen and oxygen atoms in total. The maximum absolute atomic E-state index is 5.64. The summed E-state index contributed by atoms with van der Waals surface area (Å²) in [6, 6.07) is 11.8. The monoisotopic (exact) mass is 722 g/mol. The molecule has 256 valence electrons. The number of nitrogens with zero attached hydrogens (tertiary/aromatic N) is 3. The van der Waals surface area contributed by atoms with Crippen LogP contribution in [0.15, 0.2) is 53.9 Å². The van der Waals surface area contributed by atoms with Gasteiger partial charge in [0.1, 0.15) is 17.2 Å². The largest absolute Gasteiger partial charge is 0.493 e. The quantitative estimate of drug-likeness (QED) is 0.0834. The van der Waals surface area contributed by atoms with Crippen LogP contribution in [0.2, 0.25) is 0 Å². The van der Waals surface area contributed by atoms with Gasteiger partial charge in [0.2, 0.25) is 0 Å². The van der Waals surface area contributed by atoms with Crippen molar-refractivity contribution in [3.05, 3.63) is 76.1 Å². The molecule has 6 aromatic rings. The maximum Gasteiger partial charge on any atom is 0.183 e. The minimum absolute atomic E-state index is 0.320. The molecule has 6 heterocycles. The number of imidazole rings is 2. The zero-order chi connectivity index (χ0) is 34.3. The summed E-state index contributed by atoms with van der Waals surface area (Å²) in [5, 5.41) is 0.848. The number of aromatic nitrogens is 6. The predicted molar refractivity (Wildman–Crippen MR) is 192 cm³/mol. The van der Waals surface area contributed by atoms with Crippen molar-refractivity contribution in [2.45, 2.75) is 29.6 Å². The molecule has 2 aliphatic heterocycles. The fraction of sp³-hybridized carbons (Fsp3) is 0.294. The van der Waals surface area contributed by atoms with Crippen LogP contribution in [0.3, 0.4) is 0 Å². The molecule has 0 saturated carbocycles. The van der Waals surface area contributed by atoms with Gasteiger partial charge in [-0.1, -0.05) is 11.8 Å². The van der Waals surface area contributed by atoms with E-state index in [2.05, 4.69) is 42.0 Å². The smallest absolute Gasteiger partial charge is 0.183 e. The van der Waals surface area contributed by atoms with Gasteiger partial charge in [-0.05, 0) is 35.5 Å². The van der Waals surface area contributed by atoms with Crippen LogP contribution < -0.4 is 28.4 Å². The van der Waals surface area contributed by atoms with Crippen molar-refractivity contribution in [1.29, 1.82) is 0 Å². The first-order valence-corrected chi connectivity index (χ1v) is 17.2. The Morgan fingerprint density at radius 3 is 1.94 bits per heavy atom. The van der Waals surface area contributed by atoms with E-state index in [9.17, 15) is 0 Å². The number of rotatable bonds is 8. The zero-order valence-electron chi connectivity index (χ0n) is 27.3. The Morgan fingerprint density at radius 1 is 0.755 bits per heavy atom. The molecular formula is C34H35ClN6O6S2. The van der Waals surface area contributed by atoms with Gasteiger partial charge in [0.25, 0.3) is 0 Å². The van der Waals surface area contributed by atoms with E-state index < -0.39 is 0 Å². The van der Waals surface area contributed by atoms with Crippen molar-refractivity contribution in [2.24, 2.45) is 0 Å². The second kappa shape index (κ2) is 15.7. The molecule has 0 amide bonds. The number of H-pyrrole nitrogens is 3. The number of halogens is 1. The van der Waals surface area contributed by atoms with Gasteiger partial charge in [-0.2, -0.15) is 0 Å². The number of ether oxygens (including phenoxy) is 6. The van der Waals surface area contributed by atoms with Gasteiger partial charge in [-0.25, -0.2) is 4.98 Å². The molecule has 49 heavy (non-hydrogen) atoms. The zero-order valence-corrected chi connectivity index (χ0v) is 29.7. The number of thioether (sulfide) groups is 1. The van der Waals surface area contributed by atoms with Crippen molar-refractivity contribution in [2.75, 3.05) is 41.7 Å². The van der Waals surface area contributed by atoms with Gasteiger partial charge >= 0.3 is 0 Å². The lowest BCUT2D eigenvalue weighted by atomic mass is 10.1. The summed E-state index contributed by atoms with van der Waals surface area (Å²) >= 11 is 12.2. The predicted octanol–water partition coefficient (Wildman–Crippen LogP) is 7.20. The van der Waals surface area contributed by atoms with E-state index in [4.69, 9.17) is 52.2 Å². The number of benzene rings is 2. The Hall–Kier alpha value is -4.66. The van der Waals surface area contributed by atoms with Crippen LogP contribution in [-0.2, 0) is 24.5 Å². The number of pyridine rings is 2. The number of hydrogen-bond acceptors (Lipinski definition) is 11. The summed E-state index contributed by atoms with van der Waals surface area (Å²) in [6.07, 6.45) is 5.31. The first kappa shape index (κ1) is 34.2. The third-order valence-corrected chi connectivity index (χ3v) is 9.14. The fourth-order valence-electron chi connectivity index (χ4n) is 5.47. The summed E-state index contributed by atoms with van der Waals surface area (Å²) in [6.45, 7) is 1.55. The van der Waals surface area contributed by atoms with Gasteiger partial charge in [-0.15, -0.1) is 11.6 Å². The molecule has 2 aliphatic rings. The molecule has 0 spiro atoms. The SMILES string of the molecule is COc1ccnc(CCl)c1OC.COc1ccnc(CSc2nc3cc4c(cc3[nH]2)CCO4)c1OC.S=c1[nH]c2cc3c(cc2[nH]1)OCC3. The van der Waals surface area contributed by atoms with E-state index in [0.717, 1.165) is 70.5 Å². The van der Waals surface area contributed by atoms with Gasteiger partial charge in [0, 0.05) is 55.3 Å². The standard InChI is InChI=1S/C17H17N3O3S.C9H8N2OS.C8H10ClNO2/c1-21-14-3-5-18-13(16(14)22-2)9-24-17-19-11-7-10-4-6-23-15(10)8-12(11)20-17;13-9-10-6-3-5-1-2-12-8(5)4-7(6)11-9;1-11-7-3-4-10-6(5-9)8(7)12-2/h3,5,7-8H,4,6,9H2,1-2H3,(H,19,20);3-4H,1-2H2,(H2,10,11,13);3-4H,5H2,1-2H3. The Labute approximate surface area is 296 Å². The minimum Gasteiger partial charge on any atom is -0.493 e. The van der Waals surface area contributed by atoms with Crippen LogP contribution in [0.1, 0.15) is 22.5 Å². The molecule has 0 aliphatic carbocycles. The summed E-state index contributed by atoms with van der Waals surface area (Å²) < 4.78 is 32.6. The van der Waals surface area contributed by atoms with Crippen molar-refractivity contribution in [1.82, 2.24) is 29.9 Å². The highest BCUT2D eigenvalue weighted by Crippen LogP contribution is 2.35. The summed E-state index contributed by atoms with van der Waals surface area (Å²) in [5.74, 6) is 5.49. The minimum atomic E-state index is 0.320. The third kappa shape index (κ3) is 7.66. The van der Waals surface area contributed by atoms with Crippen LogP contribution in [0, 0.1) is 4.77 Å². The van der Waals surface area contributed by atoms with Crippen LogP contribution >= 0.6 is 35.6 Å². The highest BCUT2D eigenvalue weighted by Gasteiger charge is 2.17. The number of alkyl halides is 1. The first-order valence-electron chi connectivity index (χ1n) is 15.3. The average Bonchev–Trinajstić information content (AvgIpc) is 3.94. The van der Waals surface area contributed by atoms with E-state index in [1.165, 1.54) is 11.1 Å². The second-order valence-electron chi connectivity index (χ2n) is 10.7. The van der Waals surface area contributed by atoms with Crippen LogP contribution in [0.4, 0.5) is 0 Å². The van der Waals surface area contributed by atoms with Crippen molar-refractivity contribution in [3.8, 4) is 34.5 Å². The topological polar surface area (TPSA) is 141 Å². The molecule has 15 heteroatoms. The Morgan fingerprint density at radius 2 is 1.33 bits per heavy atom. The average molecular weight is 723 g/mol. The molecule has 0 bridgehead atoms.